The van der Waals surface area contributed by atoms with Crippen molar-refractivity contribution >= 4 is 17.9 Å². The molecule has 0 atom stereocenters. The largest absolute Gasteiger partial charge is 0.505 e. The third-order valence-electron chi connectivity index (χ3n) is 2.38. The van der Waals surface area contributed by atoms with Gasteiger partial charge in [-0.15, -0.1) is 11.8 Å². The van der Waals surface area contributed by atoms with Gasteiger partial charge in [-0.3, -0.25) is 0 Å². The summed E-state index contributed by atoms with van der Waals surface area (Å²) < 4.78 is 13.1. The van der Waals surface area contributed by atoms with Crippen LogP contribution in [-0.4, -0.2) is 33.5 Å². The molecular formula is C10H10FNO3S. The number of hydrogen-bond donors (Lipinski definition) is 2. The van der Waals surface area contributed by atoms with Gasteiger partial charge in [0.2, 0.25) is 0 Å². The maximum absolute atomic E-state index is 13.1. The molecule has 0 saturated carbocycles. The van der Waals surface area contributed by atoms with Crippen molar-refractivity contribution in [1.82, 2.24) is 4.90 Å². The highest BCUT2D eigenvalue weighted by atomic mass is 32.2. The van der Waals surface area contributed by atoms with E-state index < -0.39 is 17.7 Å². The summed E-state index contributed by atoms with van der Waals surface area (Å²) in [6.45, 7) is 0.586. The number of rotatable bonds is 0. The Bertz CT molecular complexity index is 438. The third-order valence-corrected chi connectivity index (χ3v) is 3.46. The van der Waals surface area contributed by atoms with Gasteiger partial charge >= 0.3 is 6.09 Å². The normalized spacial score (nSPS) is 15.4. The first-order valence-corrected chi connectivity index (χ1v) is 5.68. The summed E-state index contributed by atoms with van der Waals surface area (Å²) in [5, 5.41) is 18.1. The molecule has 1 aromatic rings. The second-order valence-electron chi connectivity index (χ2n) is 3.46. The lowest BCUT2D eigenvalue weighted by Gasteiger charge is -2.16. The van der Waals surface area contributed by atoms with E-state index in [1.165, 1.54) is 28.8 Å². The molecule has 1 aliphatic heterocycles. The second kappa shape index (κ2) is 4.21. The van der Waals surface area contributed by atoms with Gasteiger partial charge in [-0.05, 0) is 17.7 Å². The summed E-state index contributed by atoms with van der Waals surface area (Å²) >= 11 is 1.40. The number of thioether (sulfide) groups is 1. The van der Waals surface area contributed by atoms with Crippen LogP contribution in [0.5, 0.6) is 5.75 Å². The van der Waals surface area contributed by atoms with Crippen LogP contribution in [0.15, 0.2) is 17.0 Å². The number of phenolic OH excluding ortho intramolecular Hbond substituents is 1. The summed E-state index contributed by atoms with van der Waals surface area (Å²) in [5.74, 6) is -0.523. The fraction of sp³-hybridized carbons (Fsp3) is 0.300. The number of phenols is 1. The highest BCUT2D eigenvalue weighted by Crippen LogP contribution is 2.31. The van der Waals surface area contributed by atoms with Crippen LogP contribution in [-0.2, 0) is 6.54 Å². The molecule has 0 unspecified atom stereocenters. The predicted molar refractivity (Wildman–Crippen MR) is 57.2 cm³/mol. The van der Waals surface area contributed by atoms with Crippen LogP contribution in [0, 0.1) is 5.82 Å². The number of carbonyl (C=O) groups is 1. The van der Waals surface area contributed by atoms with Crippen LogP contribution in [0.1, 0.15) is 5.56 Å². The van der Waals surface area contributed by atoms with Crippen LogP contribution in [0.25, 0.3) is 0 Å². The molecule has 1 heterocycles. The summed E-state index contributed by atoms with van der Waals surface area (Å²) in [4.78, 5) is 12.8. The Hall–Kier alpha value is -1.43. The summed E-state index contributed by atoms with van der Waals surface area (Å²) in [7, 11) is 0. The molecule has 0 aromatic heterocycles. The Kier molecular flexibility index (Phi) is 2.91. The molecule has 4 nitrogen and oxygen atoms in total. The van der Waals surface area contributed by atoms with E-state index >= 15 is 0 Å². The van der Waals surface area contributed by atoms with Crippen LogP contribution in [0.2, 0.25) is 0 Å². The molecular weight excluding hydrogens is 233 g/mol. The zero-order chi connectivity index (χ0) is 11.7. The first-order chi connectivity index (χ1) is 7.58. The molecule has 2 N–H and O–H groups in total. The average molecular weight is 243 g/mol. The molecule has 1 aromatic carbocycles. The van der Waals surface area contributed by atoms with Gasteiger partial charge in [-0.25, -0.2) is 9.18 Å². The van der Waals surface area contributed by atoms with Gasteiger partial charge < -0.3 is 15.1 Å². The van der Waals surface area contributed by atoms with Crippen molar-refractivity contribution in [3.05, 3.63) is 23.5 Å². The van der Waals surface area contributed by atoms with Crippen molar-refractivity contribution in [1.29, 1.82) is 0 Å². The van der Waals surface area contributed by atoms with Gasteiger partial charge in [0.05, 0.1) is 6.54 Å². The number of amides is 1. The Morgan fingerprint density at radius 1 is 1.50 bits per heavy atom. The number of fused-ring (bicyclic) bond motifs is 1. The zero-order valence-electron chi connectivity index (χ0n) is 8.31. The first-order valence-electron chi connectivity index (χ1n) is 4.70. The fourth-order valence-corrected chi connectivity index (χ4v) is 2.59. The molecule has 6 heteroatoms. The number of aromatic hydroxyl groups is 1. The van der Waals surface area contributed by atoms with E-state index in [0.29, 0.717) is 22.8 Å². The van der Waals surface area contributed by atoms with Crippen molar-refractivity contribution < 1.29 is 19.4 Å². The van der Waals surface area contributed by atoms with Crippen molar-refractivity contribution in [2.75, 3.05) is 12.3 Å². The standard InChI is InChI=1S/C10H10FNO3S/c11-7-4-9-6(3-8(7)13)5-12(10(14)15)1-2-16-9/h3-4,13H,1-2,5H2,(H,14,15). The number of hydrogen-bond acceptors (Lipinski definition) is 3. The van der Waals surface area contributed by atoms with Crippen molar-refractivity contribution in [2.45, 2.75) is 11.4 Å². The third kappa shape index (κ3) is 2.06. The van der Waals surface area contributed by atoms with Gasteiger partial charge in [-0.1, -0.05) is 0 Å². The molecule has 0 spiro atoms. The minimum atomic E-state index is -1.00. The maximum atomic E-state index is 13.1. The van der Waals surface area contributed by atoms with Gasteiger partial charge in [-0.2, -0.15) is 0 Å². The quantitative estimate of drug-likeness (QED) is 0.732. The topological polar surface area (TPSA) is 60.8 Å². The molecule has 0 aliphatic carbocycles. The number of halogens is 1. The highest BCUT2D eigenvalue weighted by molar-refractivity contribution is 7.99. The molecule has 0 bridgehead atoms. The Balaban J connectivity index is 2.36. The van der Waals surface area contributed by atoms with Gasteiger partial charge in [0, 0.05) is 17.2 Å². The van der Waals surface area contributed by atoms with E-state index in [9.17, 15) is 14.3 Å². The first kappa shape index (κ1) is 11.1. The van der Waals surface area contributed by atoms with Crippen LogP contribution < -0.4 is 0 Å². The van der Waals surface area contributed by atoms with E-state index in [2.05, 4.69) is 0 Å². The Labute approximate surface area is 95.7 Å². The minimum Gasteiger partial charge on any atom is -0.505 e. The molecule has 0 radical (unpaired) electrons. The van der Waals surface area contributed by atoms with Gasteiger partial charge in [0.25, 0.3) is 0 Å². The van der Waals surface area contributed by atoms with Gasteiger partial charge in [0.1, 0.15) is 0 Å². The maximum Gasteiger partial charge on any atom is 0.407 e. The monoisotopic (exact) mass is 243 g/mol. The number of nitrogens with zero attached hydrogens (tertiary/aromatic N) is 1. The van der Waals surface area contributed by atoms with Gasteiger partial charge in [0.15, 0.2) is 11.6 Å². The zero-order valence-corrected chi connectivity index (χ0v) is 9.13. The van der Waals surface area contributed by atoms with E-state index in [-0.39, 0.29) is 6.54 Å². The predicted octanol–water partition coefficient (Wildman–Crippen LogP) is 2.12. The van der Waals surface area contributed by atoms with Crippen molar-refractivity contribution in [3.8, 4) is 5.75 Å². The minimum absolute atomic E-state index is 0.186. The fourth-order valence-electron chi connectivity index (χ4n) is 1.56. The number of benzene rings is 1. The lowest BCUT2D eigenvalue weighted by atomic mass is 10.2. The molecule has 16 heavy (non-hydrogen) atoms. The Morgan fingerprint density at radius 3 is 2.94 bits per heavy atom. The van der Waals surface area contributed by atoms with Crippen LogP contribution >= 0.6 is 11.8 Å². The van der Waals surface area contributed by atoms with E-state index in [0.717, 1.165) is 0 Å². The van der Waals surface area contributed by atoms with E-state index in [4.69, 9.17) is 5.11 Å². The van der Waals surface area contributed by atoms with Crippen molar-refractivity contribution in [3.63, 3.8) is 0 Å². The number of carboxylic acid groups (broad SMARTS) is 1. The highest BCUT2D eigenvalue weighted by Gasteiger charge is 2.20. The molecule has 0 fully saturated rings. The van der Waals surface area contributed by atoms with E-state index in [1.54, 1.807) is 0 Å². The average Bonchev–Trinajstić information content (AvgIpc) is 2.41. The summed E-state index contributed by atoms with van der Waals surface area (Å²) in [6, 6.07) is 2.54. The smallest absolute Gasteiger partial charge is 0.407 e. The summed E-state index contributed by atoms with van der Waals surface area (Å²) in [5.41, 5.74) is 0.642. The molecule has 1 amide bonds. The molecule has 1 aliphatic rings. The molecule has 2 rings (SSSR count). The van der Waals surface area contributed by atoms with Crippen LogP contribution in [0.3, 0.4) is 0 Å². The van der Waals surface area contributed by atoms with Crippen molar-refractivity contribution in [2.24, 2.45) is 0 Å². The Morgan fingerprint density at radius 2 is 2.25 bits per heavy atom. The molecule has 0 saturated heterocycles. The lowest BCUT2D eigenvalue weighted by Crippen LogP contribution is -2.29. The second-order valence-corrected chi connectivity index (χ2v) is 4.60. The van der Waals surface area contributed by atoms with E-state index in [1.807, 2.05) is 0 Å². The van der Waals surface area contributed by atoms with Crippen LogP contribution in [0.4, 0.5) is 9.18 Å². The summed E-state index contributed by atoms with van der Waals surface area (Å²) in [6.07, 6.45) is -1.00. The SMILES string of the molecule is O=C(O)N1CCSc2cc(F)c(O)cc2C1. The molecule has 86 valence electrons. The lowest BCUT2D eigenvalue weighted by molar-refractivity contribution is 0.145.